The topological polar surface area (TPSA) is 70.4 Å². The van der Waals surface area contributed by atoms with Crippen LogP contribution in [-0.2, 0) is 13.6 Å². The fourth-order valence-electron chi connectivity index (χ4n) is 4.24. The van der Waals surface area contributed by atoms with Gasteiger partial charge in [-0.1, -0.05) is 25.7 Å². The molecule has 1 aliphatic heterocycles. The first-order valence-electron chi connectivity index (χ1n) is 11.1. The molecule has 2 N–H and O–H groups in total. The lowest BCUT2D eigenvalue weighted by Gasteiger charge is -2.41. The second-order valence-electron chi connectivity index (χ2n) is 9.08. The van der Waals surface area contributed by atoms with Crippen molar-refractivity contribution in [1.82, 2.24) is 30.3 Å². The van der Waals surface area contributed by atoms with E-state index in [0.29, 0.717) is 12.6 Å². The Morgan fingerprint density at radius 3 is 2.39 bits per heavy atom. The number of rotatable bonds is 6. The molecule has 7 nitrogen and oxygen atoms in total. The van der Waals surface area contributed by atoms with Crippen molar-refractivity contribution in [1.29, 1.82) is 0 Å². The van der Waals surface area contributed by atoms with Gasteiger partial charge in [0.05, 0.1) is 0 Å². The Bertz CT molecular complexity index is 637. The number of hydrogen-bond donors (Lipinski definition) is 2. The molecule has 0 unspecified atom stereocenters. The average molecular weight is 390 g/mol. The molecule has 1 aromatic heterocycles. The molecule has 2 fully saturated rings. The molecule has 158 valence electrons. The first-order chi connectivity index (χ1) is 13.5. The smallest absolute Gasteiger partial charge is 0.191 e. The second kappa shape index (κ2) is 9.72. The van der Waals surface area contributed by atoms with Crippen molar-refractivity contribution < 1.29 is 0 Å². The highest BCUT2D eigenvalue weighted by Gasteiger charge is 2.28. The van der Waals surface area contributed by atoms with Gasteiger partial charge in [0.15, 0.2) is 11.8 Å². The fourth-order valence-corrected chi connectivity index (χ4v) is 4.24. The van der Waals surface area contributed by atoms with Gasteiger partial charge in [-0.15, -0.1) is 10.2 Å². The lowest BCUT2D eigenvalue weighted by Crippen LogP contribution is -2.55. The Hall–Kier alpha value is -1.63. The molecule has 0 spiro atoms. The number of guanidine groups is 1. The van der Waals surface area contributed by atoms with Crippen LogP contribution >= 0.6 is 0 Å². The van der Waals surface area contributed by atoms with Gasteiger partial charge in [-0.2, -0.15) is 0 Å². The minimum atomic E-state index is 0.122. The van der Waals surface area contributed by atoms with Gasteiger partial charge in [0, 0.05) is 25.2 Å². The second-order valence-corrected chi connectivity index (χ2v) is 9.08. The summed E-state index contributed by atoms with van der Waals surface area (Å²) in [6.07, 6.45) is 10.5. The third-order valence-electron chi connectivity index (χ3n) is 6.41. The Kier molecular flexibility index (Phi) is 7.32. The van der Waals surface area contributed by atoms with Crippen LogP contribution in [0.4, 0.5) is 0 Å². The number of nitrogens with one attached hydrogen (secondary N) is 2. The molecule has 7 heteroatoms. The van der Waals surface area contributed by atoms with Crippen molar-refractivity contribution in [3.8, 4) is 0 Å². The van der Waals surface area contributed by atoms with Crippen LogP contribution in [0, 0.1) is 6.92 Å². The zero-order valence-corrected chi connectivity index (χ0v) is 18.3. The quantitative estimate of drug-likeness (QED) is 0.578. The largest absolute Gasteiger partial charge is 0.355 e. The normalized spacial score (nSPS) is 20.4. The summed E-state index contributed by atoms with van der Waals surface area (Å²) in [5, 5.41) is 15.7. The molecular weight excluding hydrogens is 350 g/mol. The van der Waals surface area contributed by atoms with Gasteiger partial charge >= 0.3 is 0 Å². The van der Waals surface area contributed by atoms with E-state index < -0.39 is 0 Å². The van der Waals surface area contributed by atoms with Crippen molar-refractivity contribution >= 4 is 5.96 Å². The molecule has 0 amide bonds. The van der Waals surface area contributed by atoms with Gasteiger partial charge < -0.3 is 15.2 Å². The summed E-state index contributed by atoms with van der Waals surface area (Å²) < 4.78 is 2.01. The Balaban J connectivity index is 1.64. The van der Waals surface area contributed by atoms with Crippen LogP contribution in [0.5, 0.6) is 0 Å². The highest BCUT2D eigenvalue weighted by atomic mass is 15.3. The van der Waals surface area contributed by atoms with Crippen LogP contribution in [0.25, 0.3) is 0 Å². The van der Waals surface area contributed by atoms with E-state index >= 15 is 0 Å². The number of likely N-dealkylation sites (tertiary alicyclic amines) is 1. The van der Waals surface area contributed by atoms with Crippen LogP contribution in [0.15, 0.2) is 4.99 Å². The van der Waals surface area contributed by atoms with Crippen molar-refractivity contribution in [2.75, 3.05) is 19.6 Å². The van der Waals surface area contributed by atoms with E-state index in [9.17, 15) is 0 Å². The number of aryl methyl sites for hydroxylation is 1. The summed E-state index contributed by atoms with van der Waals surface area (Å²) in [5.74, 6) is 2.74. The molecule has 1 aliphatic carbocycles. The van der Waals surface area contributed by atoms with Crippen LogP contribution in [-0.4, -0.2) is 56.8 Å². The summed E-state index contributed by atoms with van der Waals surface area (Å²) in [6, 6.07) is 0.527. The van der Waals surface area contributed by atoms with Gasteiger partial charge in [0.1, 0.15) is 12.4 Å². The maximum Gasteiger partial charge on any atom is 0.191 e. The molecule has 2 heterocycles. The highest BCUT2D eigenvalue weighted by molar-refractivity contribution is 5.80. The van der Waals surface area contributed by atoms with Crippen LogP contribution in [0.2, 0.25) is 0 Å². The fraction of sp³-hybridized carbons (Fsp3) is 0.857. The van der Waals surface area contributed by atoms with Crippen LogP contribution in [0.1, 0.15) is 76.9 Å². The standard InChI is InChI=1S/C21H39N7/c1-17-25-26-19(27(17)4)15-22-20(24-18-11-7-5-8-12-18)23-16-21(2,3)28-13-9-6-10-14-28/h18H,5-16H2,1-4H3,(H2,22,23,24). The number of aromatic nitrogens is 3. The molecule has 0 bridgehead atoms. The lowest BCUT2D eigenvalue weighted by molar-refractivity contribution is 0.0981. The SMILES string of the molecule is Cc1nnc(CN=C(NCC(C)(C)N2CCCCC2)NC2CCCCC2)n1C. The molecule has 1 saturated heterocycles. The van der Waals surface area contributed by atoms with Crippen LogP contribution in [0.3, 0.4) is 0 Å². The third-order valence-corrected chi connectivity index (χ3v) is 6.41. The first-order valence-corrected chi connectivity index (χ1v) is 11.1. The van der Waals surface area contributed by atoms with Gasteiger partial charge in [-0.3, -0.25) is 4.90 Å². The summed E-state index contributed by atoms with van der Waals surface area (Å²) in [4.78, 5) is 7.48. The van der Waals surface area contributed by atoms with E-state index in [2.05, 4.69) is 39.6 Å². The van der Waals surface area contributed by atoms with E-state index in [4.69, 9.17) is 4.99 Å². The van der Waals surface area contributed by atoms with Crippen molar-refractivity contribution in [3.63, 3.8) is 0 Å². The highest BCUT2D eigenvalue weighted by Crippen LogP contribution is 2.20. The van der Waals surface area contributed by atoms with Crippen molar-refractivity contribution in [2.45, 2.75) is 90.3 Å². The third kappa shape index (κ3) is 5.69. The summed E-state index contributed by atoms with van der Waals surface area (Å²) in [6.45, 7) is 10.5. The average Bonchev–Trinajstić information content (AvgIpc) is 3.03. The van der Waals surface area contributed by atoms with E-state index in [1.807, 2.05) is 18.5 Å². The molecule has 3 rings (SSSR count). The predicted octanol–water partition coefficient (Wildman–Crippen LogP) is 2.76. The molecule has 0 aromatic carbocycles. The summed E-state index contributed by atoms with van der Waals surface area (Å²) in [5.41, 5.74) is 0.122. The van der Waals surface area contributed by atoms with E-state index in [1.165, 1.54) is 64.5 Å². The Labute approximate surface area is 170 Å². The molecule has 1 aromatic rings. The van der Waals surface area contributed by atoms with Gasteiger partial charge in [0.2, 0.25) is 0 Å². The monoisotopic (exact) mass is 389 g/mol. The molecule has 1 saturated carbocycles. The van der Waals surface area contributed by atoms with Gasteiger partial charge in [-0.25, -0.2) is 4.99 Å². The molecule has 28 heavy (non-hydrogen) atoms. The Morgan fingerprint density at radius 1 is 1.07 bits per heavy atom. The first kappa shape index (κ1) is 21.1. The molecule has 2 aliphatic rings. The lowest BCUT2D eigenvalue weighted by atomic mass is 9.95. The molecular formula is C21H39N7. The van der Waals surface area contributed by atoms with E-state index in [-0.39, 0.29) is 5.54 Å². The summed E-state index contributed by atoms with van der Waals surface area (Å²) >= 11 is 0. The van der Waals surface area contributed by atoms with E-state index in [1.54, 1.807) is 0 Å². The van der Waals surface area contributed by atoms with Crippen molar-refractivity contribution in [3.05, 3.63) is 11.6 Å². The van der Waals surface area contributed by atoms with Crippen molar-refractivity contribution in [2.24, 2.45) is 12.0 Å². The molecule has 0 radical (unpaired) electrons. The number of piperidine rings is 1. The number of hydrogen-bond acceptors (Lipinski definition) is 4. The number of aliphatic imine (C=N–C) groups is 1. The predicted molar refractivity (Wildman–Crippen MR) is 114 cm³/mol. The zero-order valence-electron chi connectivity index (χ0n) is 18.3. The maximum absolute atomic E-state index is 4.86. The minimum absolute atomic E-state index is 0.122. The summed E-state index contributed by atoms with van der Waals surface area (Å²) in [7, 11) is 2.00. The minimum Gasteiger partial charge on any atom is -0.355 e. The van der Waals surface area contributed by atoms with Gasteiger partial charge in [-0.05, 0) is 59.5 Å². The number of nitrogens with zero attached hydrogens (tertiary/aromatic N) is 5. The zero-order chi connectivity index (χ0) is 20.0. The van der Waals surface area contributed by atoms with Crippen LogP contribution < -0.4 is 10.6 Å². The van der Waals surface area contributed by atoms with Gasteiger partial charge in [0.25, 0.3) is 0 Å². The van der Waals surface area contributed by atoms with E-state index in [0.717, 1.165) is 24.2 Å². The maximum atomic E-state index is 4.86. The molecule has 0 atom stereocenters. The Morgan fingerprint density at radius 2 is 1.75 bits per heavy atom.